The van der Waals surface area contributed by atoms with Gasteiger partial charge in [0.05, 0.1) is 0 Å². The Morgan fingerprint density at radius 3 is 2.89 bits per heavy atom. The van der Waals surface area contributed by atoms with Crippen LogP contribution in [0, 0.1) is 0 Å². The Bertz CT molecular complexity index is 678. The summed E-state index contributed by atoms with van der Waals surface area (Å²) in [7, 11) is 0. The van der Waals surface area contributed by atoms with E-state index in [1.807, 2.05) is 12.1 Å². The van der Waals surface area contributed by atoms with Crippen molar-refractivity contribution in [1.82, 2.24) is 0 Å². The van der Waals surface area contributed by atoms with Crippen LogP contribution in [0.2, 0.25) is 0 Å². The van der Waals surface area contributed by atoms with Crippen LogP contribution in [-0.4, -0.2) is 17.1 Å². The van der Waals surface area contributed by atoms with Crippen molar-refractivity contribution in [2.75, 3.05) is 0 Å². The number of hydrogen-bond acceptors (Lipinski definition) is 3. The molecule has 0 fully saturated rings. The van der Waals surface area contributed by atoms with Crippen LogP contribution in [0.5, 0.6) is 5.75 Å². The van der Waals surface area contributed by atoms with E-state index in [1.54, 1.807) is 18.2 Å². The highest BCUT2D eigenvalue weighted by molar-refractivity contribution is 5.96. The fraction of sp³-hybridized carbons (Fsp3) is 0.188. The normalized spacial score (nSPS) is 23.5. The molecule has 2 aromatic rings. The molecule has 1 aliphatic heterocycles. The van der Waals surface area contributed by atoms with E-state index in [-0.39, 0.29) is 17.9 Å². The van der Waals surface area contributed by atoms with Gasteiger partial charge >= 0.3 is 0 Å². The quantitative estimate of drug-likeness (QED) is 0.846. The Hall–Kier alpha value is -2.29. The first-order valence-corrected chi connectivity index (χ1v) is 6.43. The van der Waals surface area contributed by atoms with Crippen molar-refractivity contribution < 1.29 is 9.84 Å². The average molecular weight is 251 g/mol. The number of aliphatic imine (C=N–C) groups is 1. The summed E-state index contributed by atoms with van der Waals surface area (Å²) >= 11 is 0. The Kier molecular flexibility index (Phi) is 2.15. The predicted molar refractivity (Wildman–Crippen MR) is 72.4 cm³/mol. The van der Waals surface area contributed by atoms with Gasteiger partial charge in [0.25, 0.3) is 0 Å². The van der Waals surface area contributed by atoms with Gasteiger partial charge in [-0.3, -0.25) is 0 Å². The lowest BCUT2D eigenvalue weighted by Crippen LogP contribution is -2.13. The molecule has 1 heterocycles. The van der Waals surface area contributed by atoms with Gasteiger partial charge in [0.1, 0.15) is 17.9 Å². The molecule has 2 aliphatic rings. The Morgan fingerprint density at radius 1 is 1.11 bits per heavy atom. The maximum Gasteiger partial charge on any atom is 0.217 e. The number of rotatable bonds is 1. The predicted octanol–water partition coefficient (Wildman–Crippen LogP) is 2.84. The third-order valence-electron chi connectivity index (χ3n) is 3.76. The molecule has 2 atom stereocenters. The zero-order valence-electron chi connectivity index (χ0n) is 10.3. The third-order valence-corrected chi connectivity index (χ3v) is 3.76. The van der Waals surface area contributed by atoms with Crippen molar-refractivity contribution in [3.8, 4) is 5.75 Å². The lowest BCUT2D eigenvalue weighted by Gasteiger charge is -2.08. The summed E-state index contributed by atoms with van der Waals surface area (Å²) in [5.74, 6) is 0.877. The molecule has 0 unspecified atom stereocenters. The SMILES string of the molecule is Oc1cccc(C2=N[C@@H]3c4ccccc4C[C@@H]3O2)c1. The highest BCUT2D eigenvalue weighted by atomic mass is 16.5. The van der Waals surface area contributed by atoms with E-state index in [9.17, 15) is 5.11 Å². The Morgan fingerprint density at radius 2 is 2.00 bits per heavy atom. The maximum absolute atomic E-state index is 9.52. The summed E-state index contributed by atoms with van der Waals surface area (Å²) in [6.07, 6.45) is 1.02. The van der Waals surface area contributed by atoms with Crippen molar-refractivity contribution >= 4 is 5.90 Å². The molecule has 0 saturated heterocycles. The van der Waals surface area contributed by atoms with Gasteiger partial charge in [-0.2, -0.15) is 0 Å². The molecule has 2 aromatic carbocycles. The highest BCUT2D eigenvalue weighted by Gasteiger charge is 2.39. The number of fused-ring (bicyclic) bond motifs is 3. The van der Waals surface area contributed by atoms with Gasteiger partial charge in [-0.05, 0) is 29.3 Å². The van der Waals surface area contributed by atoms with E-state index >= 15 is 0 Å². The fourth-order valence-corrected chi connectivity index (χ4v) is 2.88. The summed E-state index contributed by atoms with van der Waals surface area (Å²) in [4.78, 5) is 4.69. The molecule has 4 rings (SSSR count). The van der Waals surface area contributed by atoms with Crippen molar-refractivity contribution in [3.63, 3.8) is 0 Å². The molecule has 0 radical (unpaired) electrons. The average Bonchev–Trinajstić information content (AvgIpc) is 2.96. The molecule has 1 aliphatic carbocycles. The summed E-state index contributed by atoms with van der Waals surface area (Å²) in [5.41, 5.74) is 3.44. The van der Waals surface area contributed by atoms with Crippen LogP contribution in [0.1, 0.15) is 22.7 Å². The molecule has 94 valence electrons. The minimum absolute atomic E-state index is 0.105. The molecule has 3 heteroatoms. The second-order valence-electron chi connectivity index (χ2n) is 4.99. The van der Waals surface area contributed by atoms with Gasteiger partial charge in [-0.25, -0.2) is 4.99 Å². The lowest BCUT2D eigenvalue weighted by molar-refractivity contribution is 0.206. The van der Waals surface area contributed by atoms with E-state index in [1.165, 1.54) is 11.1 Å². The molecule has 0 saturated carbocycles. The van der Waals surface area contributed by atoms with Crippen LogP contribution in [-0.2, 0) is 11.2 Å². The van der Waals surface area contributed by atoms with E-state index in [0.717, 1.165) is 12.0 Å². The van der Waals surface area contributed by atoms with Gasteiger partial charge in [0, 0.05) is 12.0 Å². The van der Waals surface area contributed by atoms with E-state index < -0.39 is 0 Å². The molecule has 0 spiro atoms. The molecule has 0 bridgehead atoms. The minimum atomic E-state index is 0.105. The highest BCUT2D eigenvalue weighted by Crippen LogP contribution is 2.40. The molecule has 0 amide bonds. The minimum Gasteiger partial charge on any atom is -0.508 e. The van der Waals surface area contributed by atoms with Crippen LogP contribution >= 0.6 is 0 Å². The van der Waals surface area contributed by atoms with Crippen LogP contribution in [0.15, 0.2) is 53.5 Å². The molecule has 1 N–H and O–H groups in total. The second-order valence-corrected chi connectivity index (χ2v) is 4.99. The van der Waals surface area contributed by atoms with Crippen molar-refractivity contribution in [1.29, 1.82) is 0 Å². The summed E-state index contributed by atoms with van der Waals surface area (Å²) in [5, 5.41) is 9.52. The van der Waals surface area contributed by atoms with E-state index in [0.29, 0.717) is 5.90 Å². The second kappa shape index (κ2) is 3.85. The fourth-order valence-electron chi connectivity index (χ4n) is 2.88. The number of hydrogen-bond donors (Lipinski definition) is 1. The van der Waals surface area contributed by atoms with E-state index in [4.69, 9.17) is 4.74 Å². The van der Waals surface area contributed by atoms with Crippen LogP contribution in [0.25, 0.3) is 0 Å². The maximum atomic E-state index is 9.52. The summed E-state index contributed by atoms with van der Waals surface area (Å²) in [6.45, 7) is 0. The first kappa shape index (κ1) is 10.6. The third kappa shape index (κ3) is 1.62. The van der Waals surface area contributed by atoms with Gasteiger partial charge in [-0.1, -0.05) is 30.3 Å². The Labute approximate surface area is 111 Å². The van der Waals surface area contributed by atoms with Gasteiger partial charge in [0.2, 0.25) is 5.90 Å². The largest absolute Gasteiger partial charge is 0.508 e. The number of phenolic OH excluding ortho intramolecular Hbond substituents is 1. The van der Waals surface area contributed by atoms with E-state index in [2.05, 4.69) is 23.2 Å². The molecule has 0 aromatic heterocycles. The lowest BCUT2D eigenvalue weighted by atomic mass is 10.1. The molecule has 3 nitrogen and oxygen atoms in total. The summed E-state index contributed by atoms with van der Waals surface area (Å²) in [6, 6.07) is 15.5. The van der Waals surface area contributed by atoms with Crippen LogP contribution < -0.4 is 0 Å². The zero-order chi connectivity index (χ0) is 12.8. The Balaban J connectivity index is 1.73. The van der Waals surface area contributed by atoms with Crippen LogP contribution in [0.4, 0.5) is 0 Å². The molecular formula is C16H13NO2. The standard InChI is InChI=1S/C16H13NO2/c18-12-6-3-5-11(8-12)16-17-15-13-7-2-1-4-10(13)9-14(15)19-16/h1-8,14-15,18H,9H2/t14-,15+/m0/s1. The zero-order valence-corrected chi connectivity index (χ0v) is 10.3. The smallest absolute Gasteiger partial charge is 0.217 e. The topological polar surface area (TPSA) is 41.8 Å². The summed E-state index contributed by atoms with van der Waals surface area (Å²) < 4.78 is 5.95. The van der Waals surface area contributed by atoms with Crippen molar-refractivity contribution in [3.05, 3.63) is 65.2 Å². The van der Waals surface area contributed by atoms with Gasteiger partial charge in [0.15, 0.2) is 0 Å². The van der Waals surface area contributed by atoms with Crippen molar-refractivity contribution in [2.24, 2.45) is 4.99 Å². The number of nitrogens with zero attached hydrogens (tertiary/aromatic N) is 1. The number of benzene rings is 2. The molecule has 19 heavy (non-hydrogen) atoms. The number of aromatic hydroxyl groups is 1. The van der Waals surface area contributed by atoms with Crippen LogP contribution in [0.3, 0.4) is 0 Å². The van der Waals surface area contributed by atoms with Crippen molar-refractivity contribution in [2.45, 2.75) is 18.6 Å². The number of ether oxygens (including phenoxy) is 1. The number of phenols is 1. The first-order valence-electron chi connectivity index (χ1n) is 6.43. The van der Waals surface area contributed by atoms with Gasteiger partial charge < -0.3 is 9.84 Å². The first-order chi connectivity index (χ1) is 9.31. The van der Waals surface area contributed by atoms with Gasteiger partial charge in [-0.15, -0.1) is 0 Å². The molecular weight excluding hydrogens is 238 g/mol. The monoisotopic (exact) mass is 251 g/mol.